The average Bonchev–Trinajstić information content (AvgIpc) is 3.08. The first-order valence-electron chi connectivity index (χ1n) is 10.7. The smallest absolute Gasteiger partial charge is 0.215 e. The fourth-order valence-electron chi connectivity index (χ4n) is 3.66. The summed E-state index contributed by atoms with van der Waals surface area (Å²) in [6, 6.07) is 10.2. The van der Waals surface area contributed by atoms with Gasteiger partial charge in [-0.1, -0.05) is 0 Å². The van der Waals surface area contributed by atoms with Gasteiger partial charge < -0.3 is 24.7 Å². The summed E-state index contributed by atoms with van der Waals surface area (Å²) < 4.78 is 11.3. The van der Waals surface area contributed by atoms with Gasteiger partial charge in [-0.25, -0.2) is 4.98 Å². The summed E-state index contributed by atoms with van der Waals surface area (Å²) in [5.74, 6) is 0.615. The number of benzene rings is 1. The lowest BCUT2D eigenvalue weighted by molar-refractivity contribution is 0.122. The average molecular weight is 423 g/mol. The van der Waals surface area contributed by atoms with Gasteiger partial charge in [0.1, 0.15) is 13.2 Å². The lowest BCUT2D eigenvalue weighted by Gasteiger charge is -2.29. The molecule has 0 amide bonds. The van der Waals surface area contributed by atoms with E-state index in [1.54, 1.807) is 0 Å². The van der Waals surface area contributed by atoms with Crippen LogP contribution in [-0.2, 0) is 11.3 Å². The van der Waals surface area contributed by atoms with Gasteiger partial charge in [-0.05, 0) is 50.7 Å². The Kier molecular flexibility index (Phi) is 6.79. The molecule has 0 radical (unpaired) electrons. The second kappa shape index (κ2) is 9.89. The molecule has 2 N–H and O–H groups in total. The highest BCUT2D eigenvalue weighted by molar-refractivity contribution is 5.86. The van der Waals surface area contributed by atoms with Crippen molar-refractivity contribution < 1.29 is 9.47 Å². The van der Waals surface area contributed by atoms with Crippen LogP contribution in [0.5, 0.6) is 5.88 Å². The number of pyridine rings is 1. The van der Waals surface area contributed by atoms with Crippen LogP contribution in [0.15, 0.2) is 40.6 Å². The number of aromatic nitrogens is 2. The van der Waals surface area contributed by atoms with Crippen LogP contribution in [0.25, 0.3) is 10.9 Å². The van der Waals surface area contributed by atoms with Crippen molar-refractivity contribution in [3.05, 3.63) is 47.3 Å². The van der Waals surface area contributed by atoms with Crippen molar-refractivity contribution in [1.29, 1.82) is 0 Å². The molecule has 0 aliphatic carbocycles. The molecule has 0 spiro atoms. The Morgan fingerprint density at radius 1 is 1.19 bits per heavy atom. The first-order valence-corrected chi connectivity index (χ1v) is 10.7. The van der Waals surface area contributed by atoms with E-state index in [0.29, 0.717) is 19.0 Å². The number of hydrogen-bond acceptors (Lipinski definition) is 7. The Morgan fingerprint density at radius 2 is 2.03 bits per heavy atom. The number of azo groups is 1. The number of nitrogens with one attached hydrogen (secondary N) is 2. The molecule has 1 aliphatic rings. The molecule has 0 atom stereocenters. The third kappa shape index (κ3) is 5.21. The maximum atomic E-state index is 5.84. The normalized spacial score (nSPS) is 14.6. The predicted octanol–water partition coefficient (Wildman–Crippen LogP) is 3.90. The molecular weight excluding hydrogens is 392 g/mol. The van der Waals surface area contributed by atoms with E-state index in [2.05, 4.69) is 62.5 Å². The molecule has 1 aromatic carbocycles. The number of nitrogens with zero attached hydrogens (tertiary/aromatic N) is 4. The zero-order chi connectivity index (χ0) is 21.6. The van der Waals surface area contributed by atoms with Crippen LogP contribution in [-0.4, -0.2) is 56.5 Å². The summed E-state index contributed by atoms with van der Waals surface area (Å²) >= 11 is 0. The van der Waals surface area contributed by atoms with E-state index in [0.717, 1.165) is 55.4 Å². The lowest BCUT2D eigenvalue weighted by Crippen LogP contribution is -2.36. The second-order valence-corrected chi connectivity index (χ2v) is 7.71. The Hall–Kier alpha value is -2.97. The molecule has 1 fully saturated rings. The third-order valence-electron chi connectivity index (χ3n) is 5.53. The zero-order valence-corrected chi connectivity index (χ0v) is 18.4. The van der Waals surface area contributed by atoms with Crippen LogP contribution in [0.3, 0.4) is 0 Å². The third-order valence-corrected chi connectivity index (χ3v) is 5.53. The fourth-order valence-corrected chi connectivity index (χ4v) is 3.66. The maximum absolute atomic E-state index is 5.84. The standard InChI is InChI=1S/C23H30N6O2/c1-16-17(2)26-22-5-4-18(13-21(16)22)28-25-15-19-12-20(29-7-10-30-11-8-29)14-23(27-19)31-9-6-24-3/h4-5,12-14,24,26H,6-11,15H2,1-3H3. The molecule has 31 heavy (non-hydrogen) atoms. The van der Waals surface area contributed by atoms with Gasteiger partial charge >= 0.3 is 0 Å². The molecule has 3 aromatic rings. The van der Waals surface area contributed by atoms with Crippen LogP contribution in [0.1, 0.15) is 17.0 Å². The summed E-state index contributed by atoms with van der Waals surface area (Å²) in [7, 11) is 1.90. The van der Waals surface area contributed by atoms with E-state index in [1.165, 1.54) is 16.6 Å². The summed E-state index contributed by atoms with van der Waals surface area (Å²) in [5, 5.41) is 13.1. The Morgan fingerprint density at radius 3 is 2.84 bits per heavy atom. The van der Waals surface area contributed by atoms with Gasteiger partial charge in [0.05, 0.1) is 24.6 Å². The van der Waals surface area contributed by atoms with Gasteiger partial charge in [0.25, 0.3) is 0 Å². The summed E-state index contributed by atoms with van der Waals surface area (Å²) in [5.41, 5.74) is 6.31. The van der Waals surface area contributed by atoms with E-state index < -0.39 is 0 Å². The number of H-pyrrole nitrogens is 1. The molecule has 1 aliphatic heterocycles. The molecule has 8 heteroatoms. The van der Waals surface area contributed by atoms with Gasteiger partial charge in [0.2, 0.25) is 5.88 Å². The number of aromatic amines is 1. The Labute approximate surface area is 182 Å². The first kappa shape index (κ1) is 21.3. The molecule has 0 bridgehead atoms. The lowest BCUT2D eigenvalue weighted by atomic mass is 10.1. The van der Waals surface area contributed by atoms with Gasteiger partial charge in [0, 0.05) is 48.0 Å². The van der Waals surface area contributed by atoms with E-state index in [-0.39, 0.29) is 0 Å². The summed E-state index contributed by atoms with van der Waals surface area (Å²) in [4.78, 5) is 10.3. The molecule has 4 rings (SSSR count). The van der Waals surface area contributed by atoms with Crippen molar-refractivity contribution in [3.8, 4) is 5.88 Å². The van der Waals surface area contributed by atoms with Gasteiger partial charge in [0.15, 0.2) is 0 Å². The number of morpholine rings is 1. The topological polar surface area (TPSA) is 87.1 Å². The van der Waals surface area contributed by atoms with Crippen molar-refractivity contribution in [1.82, 2.24) is 15.3 Å². The van der Waals surface area contributed by atoms with Crippen LogP contribution >= 0.6 is 0 Å². The van der Waals surface area contributed by atoms with Crippen LogP contribution in [0.4, 0.5) is 11.4 Å². The number of hydrogen-bond donors (Lipinski definition) is 2. The minimum absolute atomic E-state index is 0.393. The van der Waals surface area contributed by atoms with Crippen molar-refractivity contribution in [2.45, 2.75) is 20.4 Å². The molecule has 8 nitrogen and oxygen atoms in total. The van der Waals surface area contributed by atoms with Gasteiger partial charge in [-0.2, -0.15) is 10.2 Å². The molecule has 0 unspecified atom stereocenters. The monoisotopic (exact) mass is 422 g/mol. The summed E-state index contributed by atoms with van der Waals surface area (Å²) in [6.07, 6.45) is 0. The first-order chi connectivity index (χ1) is 15.1. The van der Waals surface area contributed by atoms with Crippen molar-refractivity contribution in [2.24, 2.45) is 10.2 Å². The SMILES string of the molecule is CNCCOc1cc(N2CCOCC2)cc(CN=Nc2ccc3[nH]c(C)c(C)c3c2)n1. The van der Waals surface area contributed by atoms with E-state index in [1.807, 2.05) is 19.2 Å². The van der Waals surface area contributed by atoms with Crippen LogP contribution in [0, 0.1) is 13.8 Å². The number of ether oxygens (including phenoxy) is 2. The second-order valence-electron chi connectivity index (χ2n) is 7.71. The highest BCUT2D eigenvalue weighted by Crippen LogP contribution is 2.27. The van der Waals surface area contributed by atoms with Crippen LogP contribution < -0.4 is 15.0 Å². The molecule has 164 valence electrons. The zero-order valence-electron chi connectivity index (χ0n) is 18.4. The van der Waals surface area contributed by atoms with Crippen molar-refractivity contribution >= 4 is 22.3 Å². The quantitative estimate of drug-likeness (QED) is 0.425. The van der Waals surface area contributed by atoms with Gasteiger partial charge in [-0.15, -0.1) is 0 Å². The Bertz CT molecular complexity index is 1060. The minimum Gasteiger partial charge on any atom is -0.476 e. The highest BCUT2D eigenvalue weighted by atomic mass is 16.5. The van der Waals surface area contributed by atoms with E-state index in [4.69, 9.17) is 9.47 Å². The van der Waals surface area contributed by atoms with Crippen LogP contribution in [0.2, 0.25) is 0 Å². The largest absolute Gasteiger partial charge is 0.476 e. The molecule has 1 saturated heterocycles. The van der Waals surface area contributed by atoms with Gasteiger partial charge in [-0.3, -0.25) is 0 Å². The van der Waals surface area contributed by atoms with Crippen molar-refractivity contribution in [2.75, 3.05) is 51.4 Å². The molecule has 2 aromatic heterocycles. The Balaban J connectivity index is 1.51. The molecule has 3 heterocycles. The molecule has 0 saturated carbocycles. The highest BCUT2D eigenvalue weighted by Gasteiger charge is 2.14. The van der Waals surface area contributed by atoms with Crippen molar-refractivity contribution in [3.63, 3.8) is 0 Å². The minimum atomic E-state index is 0.393. The molecular formula is C23H30N6O2. The fraction of sp³-hybridized carbons (Fsp3) is 0.435. The van der Waals surface area contributed by atoms with E-state index >= 15 is 0 Å². The maximum Gasteiger partial charge on any atom is 0.215 e. The van der Waals surface area contributed by atoms with E-state index in [9.17, 15) is 0 Å². The summed E-state index contributed by atoms with van der Waals surface area (Å²) in [6.45, 7) is 9.09. The predicted molar refractivity (Wildman–Crippen MR) is 123 cm³/mol. The number of fused-ring (bicyclic) bond motifs is 1. The number of aryl methyl sites for hydroxylation is 2. The number of anilines is 1. The number of likely N-dealkylation sites (N-methyl/N-ethyl adjacent to an activating group) is 1. The number of rotatable bonds is 8.